The van der Waals surface area contributed by atoms with Crippen molar-refractivity contribution >= 4 is 34.8 Å². The molecule has 0 aliphatic carbocycles. The molecule has 0 bridgehead atoms. The molecule has 142 valence electrons. The van der Waals surface area contributed by atoms with Gasteiger partial charge in [-0.1, -0.05) is 43.6 Å². The highest BCUT2D eigenvalue weighted by atomic mass is 35.5. The van der Waals surface area contributed by atoms with Crippen molar-refractivity contribution in [2.45, 2.75) is 40.0 Å². The molecule has 1 N–H and O–H groups in total. The van der Waals surface area contributed by atoms with E-state index in [1.54, 1.807) is 4.90 Å². The van der Waals surface area contributed by atoms with Crippen molar-refractivity contribution in [2.75, 3.05) is 16.8 Å². The van der Waals surface area contributed by atoms with Gasteiger partial charge in [0.1, 0.15) is 0 Å². The fourth-order valence-electron chi connectivity index (χ4n) is 3.47. The summed E-state index contributed by atoms with van der Waals surface area (Å²) in [5, 5.41) is 3.43. The number of amides is 2. The third kappa shape index (κ3) is 4.16. The molecule has 3 rings (SSSR count). The molecule has 2 aromatic rings. The fourth-order valence-corrected chi connectivity index (χ4v) is 3.84. The Hall–Kier alpha value is -2.33. The van der Waals surface area contributed by atoms with E-state index in [9.17, 15) is 9.59 Å². The van der Waals surface area contributed by atoms with Gasteiger partial charge in [-0.25, -0.2) is 0 Å². The quantitative estimate of drug-likeness (QED) is 0.799. The summed E-state index contributed by atoms with van der Waals surface area (Å²) in [5.74, 6) is -0.147. The van der Waals surface area contributed by atoms with Gasteiger partial charge in [0.15, 0.2) is 0 Å². The van der Waals surface area contributed by atoms with Crippen LogP contribution in [0.4, 0.5) is 11.4 Å². The highest BCUT2D eigenvalue weighted by Crippen LogP contribution is 2.30. The first kappa shape index (κ1) is 19.4. The number of aryl methyl sites for hydroxylation is 2. The number of hydrogen-bond acceptors (Lipinski definition) is 2. The topological polar surface area (TPSA) is 49.4 Å². The SMILES string of the molecule is Cc1cc(C)c(NC(=O)C2CC(=O)N(c3ccc(C(C)C)cc3)C2)c(Cl)c1. The van der Waals surface area contributed by atoms with Crippen LogP contribution in [0.25, 0.3) is 0 Å². The summed E-state index contributed by atoms with van der Waals surface area (Å²) in [6, 6.07) is 11.8. The lowest BCUT2D eigenvalue weighted by atomic mass is 10.0. The lowest BCUT2D eigenvalue weighted by Crippen LogP contribution is -2.28. The summed E-state index contributed by atoms with van der Waals surface area (Å²) in [7, 11) is 0. The van der Waals surface area contributed by atoms with Crippen molar-refractivity contribution in [3.8, 4) is 0 Å². The Morgan fingerprint density at radius 3 is 2.44 bits per heavy atom. The number of hydrogen-bond donors (Lipinski definition) is 1. The molecule has 1 saturated heterocycles. The minimum Gasteiger partial charge on any atom is -0.324 e. The molecule has 0 aromatic heterocycles. The second-order valence-electron chi connectivity index (χ2n) is 7.58. The number of nitrogens with one attached hydrogen (secondary N) is 1. The van der Waals surface area contributed by atoms with Gasteiger partial charge in [0.25, 0.3) is 0 Å². The molecular weight excluding hydrogens is 360 g/mol. The van der Waals surface area contributed by atoms with Crippen LogP contribution < -0.4 is 10.2 Å². The standard InChI is InChI=1S/C22H25ClN2O2/c1-13(2)16-5-7-18(8-6-16)25-12-17(11-20(25)26)22(27)24-21-15(4)9-14(3)10-19(21)23/h5-10,13,17H,11-12H2,1-4H3,(H,24,27). The van der Waals surface area contributed by atoms with E-state index in [2.05, 4.69) is 19.2 Å². The number of carbonyl (C=O) groups excluding carboxylic acids is 2. The molecular formula is C22H25ClN2O2. The molecule has 1 fully saturated rings. The number of rotatable bonds is 4. The summed E-state index contributed by atoms with van der Waals surface area (Å²) in [6.45, 7) is 8.52. The zero-order valence-electron chi connectivity index (χ0n) is 16.2. The van der Waals surface area contributed by atoms with Crippen LogP contribution >= 0.6 is 11.6 Å². The summed E-state index contributed by atoms with van der Waals surface area (Å²) in [6.07, 6.45) is 0.209. The van der Waals surface area contributed by atoms with Crippen LogP contribution in [-0.4, -0.2) is 18.4 Å². The lowest BCUT2D eigenvalue weighted by molar-refractivity contribution is -0.122. The maximum absolute atomic E-state index is 12.7. The Bertz CT molecular complexity index is 851. The van der Waals surface area contributed by atoms with E-state index in [1.807, 2.05) is 50.2 Å². The summed E-state index contributed by atoms with van der Waals surface area (Å²) in [5.41, 5.74) is 4.65. The van der Waals surface area contributed by atoms with Crippen LogP contribution in [0, 0.1) is 19.8 Å². The third-order valence-corrected chi connectivity index (χ3v) is 5.35. The average Bonchev–Trinajstić information content (AvgIpc) is 3.00. The van der Waals surface area contributed by atoms with E-state index in [4.69, 9.17) is 11.6 Å². The van der Waals surface area contributed by atoms with Gasteiger partial charge in [-0.05, 0) is 54.7 Å². The van der Waals surface area contributed by atoms with Crippen molar-refractivity contribution in [3.05, 3.63) is 58.1 Å². The highest BCUT2D eigenvalue weighted by Gasteiger charge is 2.35. The van der Waals surface area contributed by atoms with Gasteiger partial charge >= 0.3 is 0 Å². The summed E-state index contributed by atoms with van der Waals surface area (Å²) >= 11 is 6.29. The van der Waals surface area contributed by atoms with Crippen LogP contribution in [-0.2, 0) is 9.59 Å². The molecule has 0 spiro atoms. The smallest absolute Gasteiger partial charge is 0.229 e. The van der Waals surface area contributed by atoms with Crippen LogP contribution in [0.3, 0.4) is 0 Å². The molecule has 5 heteroatoms. The highest BCUT2D eigenvalue weighted by molar-refractivity contribution is 6.34. The van der Waals surface area contributed by atoms with Gasteiger partial charge in [0, 0.05) is 18.7 Å². The molecule has 0 saturated carbocycles. The van der Waals surface area contributed by atoms with E-state index in [0.29, 0.717) is 23.2 Å². The van der Waals surface area contributed by atoms with Gasteiger partial charge in [-0.15, -0.1) is 0 Å². The van der Waals surface area contributed by atoms with Crippen molar-refractivity contribution in [3.63, 3.8) is 0 Å². The first-order valence-corrected chi connectivity index (χ1v) is 9.62. The molecule has 27 heavy (non-hydrogen) atoms. The van der Waals surface area contributed by atoms with Gasteiger partial charge < -0.3 is 10.2 Å². The Kier molecular flexibility index (Phi) is 5.56. The Morgan fingerprint density at radius 1 is 1.19 bits per heavy atom. The normalized spacial score (nSPS) is 16.9. The van der Waals surface area contributed by atoms with Gasteiger partial charge in [-0.3, -0.25) is 9.59 Å². The fraction of sp³-hybridized carbons (Fsp3) is 0.364. The number of nitrogens with zero attached hydrogens (tertiary/aromatic N) is 1. The first-order valence-electron chi connectivity index (χ1n) is 9.24. The van der Waals surface area contributed by atoms with E-state index in [1.165, 1.54) is 5.56 Å². The molecule has 1 heterocycles. The molecule has 1 unspecified atom stereocenters. The lowest BCUT2D eigenvalue weighted by Gasteiger charge is -2.18. The molecule has 4 nitrogen and oxygen atoms in total. The van der Waals surface area contributed by atoms with Crippen LogP contribution in [0.15, 0.2) is 36.4 Å². The zero-order chi connectivity index (χ0) is 19.7. The molecule has 2 aromatic carbocycles. The molecule has 1 aliphatic rings. The van der Waals surface area contributed by atoms with E-state index < -0.39 is 0 Å². The van der Waals surface area contributed by atoms with Crippen molar-refractivity contribution in [1.82, 2.24) is 0 Å². The molecule has 1 atom stereocenters. The second kappa shape index (κ2) is 7.73. The van der Waals surface area contributed by atoms with E-state index in [-0.39, 0.29) is 24.2 Å². The maximum atomic E-state index is 12.7. The number of anilines is 2. The Balaban J connectivity index is 1.72. The van der Waals surface area contributed by atoms with E-state index in [0.717, 1.165) is 16.8 Å². The first-order chi connectivity index (χ1) is 12.8. The van der Waals surface area contributed by atoms with Crippen LogP contribution in [0.5, 0.6) is 0 Å². The maximum Gasteiger partial charge on any atom is 0.229 e. The largest absolute Gasteiger partial charge is 0.324 e. The van der Waals surface area contributed by atoms with Crippen molar-refractivity contribution in [2.24, 2.45) is 5.92 Å². The third-order valence-electron chi connectivity index (χ3n) is 5.05. The molecule has 1 aliphatic heterocycles. The molecule has 0 radical (unpaired) electrons. The number of halogens is 1. The van der Waals surface area contributed by atoms with Gasteiger partial charge in [-0.2, -0.15) is 0 Å². The monoisotopic (exact) mass is 384 g/mol. The average molecular weight is 385 g/mol. The zero-order valence-corrected chi connectivity index (χ0v) is 16.9. The van der Waals surface area contributed by atoms with Crippen LogP contribution in [0.1, 0.15) is 42.9 Å². The number of carbonyl (C=O) groups is 2. The minimum atomic E-state index is -0.390. The summed E-state index contributed by atoms with van der Waals surface area (Å²) < 4.78 is 0. The van der Waals surface area contributed by atoms with E-state index >= 15 is 0 Å². The van der Waals surface area contributed by atoms with Crippen molar-refractivity contribution in [1.29, 1.82) is 0 Å². The Labute approximate surface area is 165 Å². The van der Waals surface area contributed by atoms with Gasteiger partial charge in [0.05, 0.1) is 16.6 Å². The second-order valence-corrected chi connectivity index (χ2v) is 7.99. The Morgan fingerprint density at radius 2 is 1.85 bits per heavy atom. The predicted octanol–water partition coefficient (Wildman–Crippen LogP) is 5.07. The van der Waals surface area contributed by atoms with Crippen molar-refractivity contribution < 1.29 is 9.59 Å². The minimum absolute atomic E-state index is 0.0285. The predicted molar refractivity (Wildman–Crippen MR) is 111 cm³/mol. The summed E-state index contributed by atoms with van der Waals surface area (Å²) in [4.78, 5) is 26.9. The number of benzene rings is 2. The van der Waals surface area contributed by atoms with Gasteiger partial charge in [0.2, 0.25) is 11.8 Å². The molecule has 2 amide bonds. The van der Waals surface area contributed by atoms with Crippen LogP contribution in [0.2, 0.25) is 5.02 Å².